The number of ether oxygens (including phenoxy) is 3. The van der Waals surface area contributed by atoms with Gasteiger partial charge < -0.3 is 24.8 Å². The van der Waals surface area contributed by atoms with Crippen LogP contribution in [0.3, 0.4) is 0 Å². The van der Waals surface area contributed by atoms with Gasteiger partial charge in [0.1, 0.15) is 6.10 Å². The smallest absolute Gasteiger partial charge is 0.250 e. The van der Waals surface area contributed by atoms with Gasteiger partial charge in [0.05, 0.1) is 25.9 Å². The first-order chi connectivity index (χ1) is 11.0. The maximum Gasteiger partial charge on any atom is 0.250 e. The monoisotopic (exact) mass is 322 g/mol. The Morgan fingerprint density at radius 2 is 2.13 bits per heavy atom. The van der Waals surface area contributed by atoms with E-state index in [0.717, 1.165) is 12.1 Å². The predicted octanol–water partition coefficient (Wildman–Crippen LogP) is 1.65. The van der Waals surface area contributed by atoms with Gasteiger partial charge in [-0.15, -0.1) is 0 Å². The molecule has 1 aromatic rings. The summed E-state index contributed by atoms with van der Waals surface area (Å²) in [6.45, 7) is 7.76. The number of nitrogens with one attached hydrogen (secondary N) is 2. The molecule has 128 valence electrons. The number of rotatable bonds is 6. The number of carbonyl (C=O) groups is 1. The van der Waals surface area contributed by atoms with Gasteiger partial charge in [-0.1, -0.05) is 6.07 Å². The van der Waals surface area contributed by atoms with E-state index in [-0.39, 0.29) is 18.1 Å². The van der Waals surface area contributed by atoms with Crippen LogP contribution in [0.2, 0.25) is 0 Å². The summed E-state index contributed by atoms with van der Waals surface area (Å²) < 4.78 is 16.6. The summed E-state index contributed by atoms with van der Waals surface area (Å²) in [7, 11) is 1.61. The zero-order valence-electron chi connectivity index (χ0n) is 14.2. The van der Waals surface area contributed by atoms with Crippen LogP contribution in [-0.2, 0) is 9.53 Å². The number of hydrogen-bond acceptors (Lipinski definition) is 5. The summed E-state index contributed by atoms with van der Waals surface area (Å²) in [4.78, 5) is 12.2. The van der Waals surface area contributed by atoms with E-state index in [1.54, 1.807) is 7.11 Å². The van der Waals surface area contributed by atoms with Crippen molar-refractivity contribution in [1.82, 2.24) is 10.6 Å². The molecule has 0 spiro atoms. The second-order valence-electron chi connectivity index (χ2n) is 5.87. The second kappa shape index (κ2) is 8.17. The van der Waals surface area contributed by atoms with E-state index in [4.69, 9.17) is 14.2 Å². The van der Waals surface area contributed by atoms with Gasteiger partial charge in [0.2, 0.25) is 0 Å². The van der Waals surface area contributed by atoms with E-state index in [1.165, 1.54) is 0 Å². The maximum atomic E-state index is 12.2. The average Bonchev–Trinajstić information content (AvgIpc) is 2.55. The van der Waals surface area contributed by atoms with Crippen molar-refractivity contribution in [2.24, 2.45) is 0 Å². The number of morpholine rings is 1. The van der Waals surface area contributed by atoms with Gasteiger partial charge in [-0.3, -0.25) is 4.79 Å². The van der Waals surface area contributed by atoms with E-state index in [0.29, 0.717) is 24.7 Å². The quantitative estimate of drug-likeness (QED) is 0.833. The van der Waals surface area contributed by atoms with Crippen LogP contribution in [-0.4, -0.2) is 44.9 Å². The van der Waals surface area contributed by atoms with Crippen molar-refractivity contribution < 1.29 is 19.0 Å². The lowest BCUT2D eigenvalue weighted by Crippen LogP contribution is -2.48. The fourth-order valence-corrected chi connectivity index (χ4v) is 2.43. The highest BCUT2D eigenvalue weighted by Gasteiger charge is 2.23. The topological polar surface area (TPSA) is 68.8 Å². The molecular weight excluding hydrogens is 296 g/mol. The van der Waals surface area contributed by atoms with Gasteiger partial charge in [-0.05, 0) is 38.5 Å². The third kappa shape index (κ3) is 4.84. The zero-order valence-corrected chi connectivity index (χ0v) is 14.2. The molecule has 1 aliphatic heterocycles. The lowest BCUT2D eigenvalue weighted by Gasteiger charge is -2.25. The van der Waals surface area contributed by atoms with Crippen LogP contribution in [0.15, 0.2) is 18.2 Å². The van der Waals surface area contributed by atoms with Gasteiger partial charge in [-0.25, -0.2) is 0 Å². The Morgan fingerprint density at radius 3 is 2.74 bits per heavy atom. The SMILES string of the molecule is COc1cc(C(C)NC(=O)C2CNCCO2)ccc1OC(C)C. The fraction of sp³-hybridized carbons (Fsp3) is 0.588. The van der Waals surface area contributed by atoms with Crippen LogP contribution in [0, 0.1) is 0 Å². The van der Waals surface area contributed by atoms with E-state index in [9.17, 15) is 4.79 Å². The summed E-state index contributed by atoms with van der Waals surface area (Å²) in [5.74, 6) is 1.25. The summed E-state index contributed by atoms with van der Waals surface area (Å²) in [6.07, 6.45) is -0.362. The predicted molar refractivity (Wildman–Crippen MR) is 87.9 cm³/mol. The van der Waals surface area contributed by atoms with Crippen LogP contribution in [0.1, 0.15) is 32.4 Å². The highest BCUT2D eigenvalue weighted by molar-refractivity contribution is 5.81. The Hall–Kier alpha value is -1.79. The summed E-state index contributed by atoms with van der Waals surface area (Å²) in [6, 6.07) is 5.55. The molecule has 0 aromatic heterocycles. The molecule has 2 rings (SSSR count). The third-order valence-corrected chi connectivity index (χ3v) is 3.63. The van der Waals surface area contributed by atoms with Gasteiger partial charge in [-0.2, -0.15) is 0 Å². The average molecular weight is 322 g/mol. The lowest BCUT2D eigenvalue weighted by atomic mass is 10.1. The molecule has 1 heterocycles. The third-order valence-electron chi connectivity index (χ3n) is 3.63. The largest absolute Gasteiger partial charge is 0.493 e. The molecule has 2 N–H and O–H groups in total. The number of carbonyl (C=O) groups excluding carboxylic acids is 1. The molecule has 23 heavy (non-hydrogen) atoms. The minimum atomic E-state index is -0.434. The Balaban J connectivity index is 2.03. The number of methoxy groups -OCH3 is 1. The second-order valence-corrected chi connectivity index (χ2v) is 5.87. The first-order valence-corrected chi connectivity index (χ1v) is 7.98. The van der Waals surface area contributed by atoms with Crippen molar-refractivity contribution in [3.8, 4) is 11.5 Å². The minimum Gasteiger partial charge on any atom is -0.493 e. The van der Waals surface area contributed by atoms with Crippen LogP contribution in [0.25, 0.3) is 0 Å². The number of amides is 1. The molecule has 0 bridgehead atoms. The van der Waals surface area contributed by atoms with Crippen molar-refractivity contribution in [3.63, 3.8) is 0 Å². The molecule has 1 amide bonds. The number of hydrogen-bond donors (Lipinski definition) is 2. The molecule has 1 saturated heterocycles. The molecular formula is C17H26N2O4. The molecule has 2 atom stereocenters. The van der Waals surface area contributed by atoms with Crippen LogP contribution < -0.4 is 20.1 Å². The maximum absolute atomic E-state index is 12.2. The van der Waals surface area contributed by atoms with Crippen LogP contribution >= 0.6 is 0 Å². The Labute approximate surface area is 137 Å². The van der Waals surface area contributed by atoms with E-state index < -0.39 is 6.10 Å². The molecule has 1 aliphatic rings. The van der Waals surface area contributed by atoms with Crippen molar-refractivity contribution >= 4 is 5.91 Å². The van der Waals surface area contributed by atoms with Crippen LogP contribution in [0.5, 0.6) is 11.5 Å². The Bertz CT molecular complexity index is 527. The van der Waals surface area contributed by atoms with Crippen LogP contribution in [0.4, 0.5) is 0 Å². The number of benzene rings is 1. The molecule has 0 aliphatic carbocycles. The Morgan fingerprint density at radius 1 is 1.35 bits per heavy atom. The van der Waals surface area contributed by atoms with Crippen molar-refractivity contribution in [2.45, 2.75) is 39.0 Å². The summed E-state index contributed by atoms with van der Waals surface area (Å²) >= 11 is 0. The molecule has 6 heteroatoms. The van der Waals surface area contributed by atoms with Gasteiger partial charge in [0.25, 0.3) is 5.91 Å². The normalized spacial score (nSPS) is 19.3. The highest BCUT2D eigenvalue weighted by atomic mass is 16.5. The zero-order chi connectivity index (χ0) is 16.8. The molecule has 0 radical (unpaired) electrons. The standard InChI is InChI=1S/C17H26N2O4/c1-11(2)23-14-6-5-13(9-15(14)21-4)12(3)19-17(20)16-10-18-7-8-22-16/h5-6,9,11-12,16,18H,7-8,10H2,1-4H3,(H,19,20). The van der Waals surface area contributed by atoms with E-state index in [2.05, 4.69) is 10.6 Å². The summed E-state index contributed by atoms with van der Waals surface area (Å²) in [5.41, 5.74) is 0.954. The minimum absolute atomic E-state index is 0.0721. The highest BCUT2D eigenvalue weighted by Crippen LogP contribution is 2.31. The molecule has 0 saturated carbocycles. The first-order valence-electron chi connectivity index (χ1n) is 7.98. The molecule has 1 aromatic carbocycles. The van der Waals surface area contributed by atoms with Crippen molar-refractivity contribution in [2.75, 3.05) is 26.8 Å². The Kier molecular flexibility index (Phi) is 6.24. The van der Waals surface area contributed by atoms with Gasteiger partial charge >= 0.3 is 0 Å². The lowest BCUT2D eigenvalue weighted by molar-refractivity contribution is -0.134. The molecule has 2 unspecified atom stereocenters. The fourth-order valence-electron chi connectivity index (χ4n) is 2.43. The van der Waals surface area contributed by atoms with Gasteiger partial charge in [0, 0.05) is 13.1 Å². The first kappa shape index (κ1) is 17.6. The molecule has 1 fully saturated rings. The van der Waals surface area contributed by atoms with Crippen molar-refractivity contribution in [3.05, 3.63) is 23.8 Å². The summed E-state index contributed by atoms with van der Waals surface area (Å²) in [5, 5.41) is 6.13. The van der Waals surface area contributed by atoms with Gasteiger partial charge in [0.15, 0.2) is 11.5 Å². The van der Waals surface area contributed by atoms with E-state index in [1.807, 2.05) is 39.0 Å². The van der Waals surface area contributed by atoms with Crippen molar-refractivity contribution in [1.29, 1.82) is 0 Å². The molecule has 6 nitrogen and oxygen atoms in total. The van der Waals surface area contributed by atoms with E-state index >= 15 is 0 Å².